The molecule has 0 aliphatic carbocycles. The second-order valence-corrected chi connectivity index (χ2v) is 14.2. The average molecular weight is 443 g/mol. The molecule has 5 nitrogen and oxygen atoms in total. The first-order valence-electron chi connectivity index (χ1n) is 10.1. The molecule has 0 spiro atoms. The first-order valence-corrected chi connectivity index (χ1v) is 13.3. The molecular weight excluding hydrogens is 411 g/mol. The second kappa shape index (κ2) is 9.58. The number of rotatable bonds is 8. The van der Waals surface area contributed by atoms with Crippen LogP contribution in [0.15, 0.2) is 17.2 Å². The molecule has 1 atom stereocenters. The van der Waals surface area contributed by atoms with Crippen LogP contribution in [-0.2, 0) is 9.22 Å². The van der Waals surface area contributed by atoms with E-state index in [0.717, 1.165) is 12.8 Å². The summed E-state index contributed by atoms with van der Waals surface area (Å²) in [7, 11) is -1.73. The van der Waals surface area contributed by atoms with E-state index < -0.39 is 14.1 Å². The molecule has 1 heterocycles. The number of nitrogens with zero attached hydrogens (tertiary/aromatic N) is 1. The van der Waals surface area contributed by atoms with Gasteiger partial charge in [-0.1, -0.05) is 39.3 Å². The molecule has 0 fully saturated rings. The van der Waals surface area contributed by atoms with Crippen LogP contribution in [0.3, 0.4) is 0 Å². The van der Waals surface area contributed by atoms with Crippen LogP contribution >= 0.6 is 11.6 Å². The van der Waals surface area contributed by atoms with Gasteiger partial charge in [0, 0.05) is 24.5 Å². The predicted molar refractivity (Wildman–Crippen MR) is 118 cm³/mol. The largest absolute Gasteiger partial charge is 0.492 e. The summed E-state index contributed by atoms with van der Waals surface area (Å²) >= 11 is 6.18. The Morgan fingerprint density at radius 2 is 1.93 bits per heavy atom. The van der Waals surface area contributed by atoms with Crippen molar-refractivity contribution >= 4 is 31.5 Å². The molecule has 0 saturated carbocycles. The third-order valence-corrected chi connectivity index (χ3v) is 10.5. The van der Waals surface area contributed by atoms with E-state index in [1.54, 1.807) is 12.1 Å². The van der Waals surface area contributed by atoms with Gasteiger partial charge in [-0.3, -0.25) is 4.79 Å². The van der Waals surface area contributed by atoms with E-state index in [4.69, 9.17) is 20.8 Å². The number of hydrogen-bond donors (Lipinski definition) is 1. The number of carbonyl (C=O) groups excluding carboxylic acids is 1. The lowest BCUT2D eigenvalue weighted by atomic mass is 9.94. The monoisotopic (exact) mass is 442 g/mol. The van der Waals surface area contributed by atoms with Crippen molar-refractivity contribution in [2.24, 2.45) is 11.0 Å². The van der Waals surface area contributed by atoms with E-state index >= 15 is 0 Å². The van der Waals surface area contributed by atoms with Crippen LogP contribution in [0.1, 0.15) is 52.5 Å². The number of nitrogens with one attached hydrogen (secondary N) is 1. The van der Waals surface area contributed by atoms with Crippen molar-refractivity contribution in [3.63, 3.8) is 0 Å². The van der Waals surface area contributed by atoms with Crippen molar-refractivity contribution in [3.8, 4) is 5.75 Å². The number of hydrazone groups is 1. The molecule has 162 valence electrons. The number of ether oxygens (including phenoxy) is 1. The molecule has 0 saturated heterocycles. The molecule has 1 N–H and O–H groups in total. The maximum Gasteiger partial charge on any atom is 0.240 e. The van der Waals surface area contributed by atoms with Crippen LogP contribution in [0, 0.1) is 11.7 Å². The van der Waals surface area contributed by atoms with Gasteiger partial charge in [0.15, 0.2) is 14.1 Å². The Morgan fingerprint density at radius 1 is 1.28 bits per heavy atom. The number of hydrogen-bond acceptors (Lipinski definition) is 4. The second-order valence-electron chi connectivity index (χ2n) is 9.04. The maximum absolute atomic E-state index is 14.8. The Kier molecular flexibility index (Phi) is 7.87. The van der Waals surface area contributed by atoms with E-state index in [1.165, 1.54) is 0 Å². The molecule has 8 heteroatoms. The predicted octanol–water partition coefficient (Wildman–Crippen LogP) is 5.52. The Labute approximate surface area is 179 Å². The summed E-state index contributed by atoms with van der Waals surface area (Å²) in [5, 5.41) is 4.12. The highest BCUT2D eigenvalue weighted by molar-refractivity contribution is 6.74. The van der Waals surface area contributed by atoms with E-state index in [1.807, 2.05) is 6.92 Å². The standard InChI is InChI=1S/C21H32ClFN2O3Si/c1-14-13-17(26)24-25-20(14)15-9-10-16(18(22)19(15)23)27-11-7-8-12-28-29(5,6)21(2,3)4/h9-10,14H,7-8,11-13H2,1-6H3,(H,24,26). The number of benzene rings is 1. The summed E-state index contributed by atoms with van der Waals surface area (Å²) in [4.78, 5) is 11.4. The lowest BCUT2D eigenvalue weighted by molar-refractivity contribution is -0.121. The smallest absolute Gasteiger partial charge is 0.240 e. The normalized spacial score (nSPS) is 17.7. The summed E-state index contributed by atoms with van der Waals surface area (Å²) in [5.41, 5.74) is 3.17. The van der Waals surface area contributed by atoms with Gasteiger partial charge in [-0.25, -0.2) is 9.82 Å². The van der Waals surface area contributed by atoms with E-state index in [2.05, 4.69) is 44.4 Å². The highest BCUT2D eigenvalue weighted by Gasteiger charge is 2.36. The number of carbonyl (C=O) groups is 1. The number of amides is 1. The molecule has 1 aliphatic heterocycles. The number of halogens is 2. The Hall–Kier alpha value is -1.44. The van der Waals surface area contributed by atoms with Crippen molar-refractivity contribution in [3.05, 3.63) is 28.5 Å². The van der Waals surface area contributed by atoms with Crippen LogP contribution in [-0.4, -0.2) is 33.2 Å². The molecule has 2 rings (SSSR count). The van der Waals surface area contributed by atoms with Gasteiger partial charge in [-0.15, -0.1) is 0 Å². The first kappa shape index (κ1) is 23.8. The summed E-state index contributed by atoms with van der Waals surface area (Å²) in [6.07, 6.45) is 1.94. The lowest BCUT2D eigenvalue weighted by Gasteiger charge is -2.36. The van der Waals surface area contributed by atoms with Gasteiger partial charge in [0.1, 0.15) is 10.8 Å². The molecule has 1 aromatic rings. The lowest BCUT2D eigenvalue weighted by Crippen LogP contribution is -2.41. The summed E-state index contributed by atoms with van der Waals surface area (Å²) in [5.74, 6) is -0.620. The fourth-order valence-corrected chi connectivity index (χ4v) is 4.06. The fourth-order valence-electron chi connectivity index (χ4n) is 2.75. The SMILES string of the molecule is CC1CC(=O)NN=C1c1ccc(OCCCCO[Si](C)(C)C(C)(C)C)c(Cl)c1F. The van der Waals surface area contributed by atoms with Crippen LogP contribution in [0.5, 0.6) is 5.75 Å². The summed E-state index contributed by atoms with van der Waals surface area (Å²) in [6.45, 7) is 14.1. The molecule has 1 aliphatic rings. The minimum absolute atomic E-state index is 0.0631. The third kappa shape index (κ3) is 6.02. The minimum atomic E-state index is -1.73. The van der Waals surface area contributed by atoms with Crippen molar-refractivity contribution in [2.75, 3.05) is 13.2 Å². The molecule has 0 aromatic heterocycles. The summed E-state index contributed by atoms with van der Waals surface area (Å²) in [6, 6.07) is 3.25. The summed E-state index contributed by atoms with van der Waals surface area (Å²) < 4.78 is 26.6. The van der Waals surface area contributed by atoms with Gasteiger partial charge >= 0.3 is 0 Å². The van der Waals surface area contributed by atoms with Crippen molar-refractivity contribution in [1.29, 1.82) is 0 Å². The molecular formula is C21H32ClFN2O3Si. The maximum atomic E-state index is 14.8. The van der Waals surface area contributed by atoms with Gasteiger partial charge < -0.3 is 9.16 Å². The molecule has 1 amide bonds. The van der Waals surface area contributed by atoms with Crippen molar-refractivity contribution < 1.29 is 18.3 Å². The van der Waals surface area contributed by atoms with Crippen molar-refractivity contribution in [2.45, 2.75) is 65.1 Å². The van der Waals surface area contributed by atoms with Gasteiger partial charge in [0.2, 0.25) is 5.91 Å². The average Bonchev–Trinajstić information content (AvgIpc) is 2.61. The van der Waals surface area contributed by atoms with E-state index in [9.17, 15) is 9.18 Å². The molecule has 0 radical (unpaired) electrons. The zero-order chi connectivity index (χ0) is 21.8. The molecule has 29 heavy (non-hydrogen) atoms. The zero-order valence-electron chi connectivity index (χ0n) is 18.2. The molecule has 1 aromatic carbocycles. The van der Waals surface area contributed by atoms with E-state index in [0.29, 0.717) is 24.7 Å². The third-order valence-electron chi connectivity index (χ3n) is 5.65. The Balaban J connectivity index is 1.88. The van der Waals surface area contributed by atoms with Crippen LogP contribution in [0.4, 0.5) is 4.39 Å². The van der Waals surface area contributed by atoms with Crippen molar-refractivity contribution in [1.82, 2.24) is 5.43 Å². The highest BCUT2D eigenvalue weighted by Crippen LogP contribution is 2.36. The van der Waals surface area contributed by atoms with Gasteiger partial charge in [-0.05, 0) is 43.1 Å². The van der Waals surface area contributed by atoms with E-state index in [-0.39, 0.29) is 33.9 Å². The number of unbranched alkanes of at least 4 members (excludes halogenated alkanes) is 1. The van der Waals surface area contributed by atoms with Gasteiger partial charge in [0.25, 0.3) is 0 Å². The van der Waals surface area contributed by atoms with Crippen LogP contribution in [0.25, 0.3) is 0 Å². The molecule has 1 unspecified atom stereocenters. The highest BCUT2D eigenvalue weighted by atomic mass is 35.5. The Bertz CT molecular complexity index is 778. The Morgan fingerprint density at radius 3 is 2.55 bits per heavy atom. The first-order chi connectivity index (χ1) is 13.4. The molecule has 0 bridgehead atoms. The van der Waals surface area contributed by atoms with Crippen LogP contribution in [0.2, 0.25) is 23.2 Å². The topological polar surface area (TPSA) is 59.9 Å². The quantitative estimate of drug-likeness (QED) is 0.426. The zero-order valence-corrected chi connectivity index (χ0v) is 20.0. The van der Waals surface area contributed by atoms with Gasteiger partial charge in [0.05, 0.1) is 12.3 Å². The van der Waals surface area contributed by atoms with Gasteiger partial charge in [-0.2, -0.15) is 5.10 Å². The minimum Gasteiger partial charge on any atom is -0.492 e. The fraction of sp³-hybridized carbons (Fsp3) is 0.619. The van der Waals surface area contributed by atoms with Crippen LogP contribution < -0.4 is 10.2 Å².